The molecule has 0 bridgehead atoms. The van der Waals surface area contributed by atoms with Crippen LogP contribution in [0.4, 0.5) is 5.95 Å². The van der Waals surface area contributed by atoms with E-state index in [2.05, 4.69) is 21.4 Å². The van der Waals surface area contributed by atoms with Gasteiger partial charge in [0.1, 0.15) is 11.7 Å². The van der Waals surface area contributed by atoms with Crippen LogP contribution in [0.15, 0.2) is 61.1 Å². The highest BCUT2D eigenvalue weighted by Gasteiger charge is 2.11. The van der Waals surface area contributed by atoms with Crippen LogP contribution in [0.5, 0.6) is 0 Å². The summed E-state index contributed by atoms with van der Waals surface area (Å²) in [6, 6.07) is 15.0. The lowest BCUT2D eigenvalue weighted by Gasteiger charge is -2.11. The lowest BCUT2D eigenvalue weighted by atomic mass is 10.1. The van der Waals surface area contributed by atoms with Crippen molar-refractivity contribution >= 4 is 21.4 Å². The van der Waals surface area contributed by atoms with E-state index in [1.165, 1.54) is 6.26 Å². The fraction of sp³-hybridized carbons (Fsp3) is 0.217. The van der Waals surface area contributed by atoms with Gasteiger partial charge in [0.2, 0.25) is 5.95 Å². The predicted octanol–water partition coefficient (Wildman–Crippen LogP) is 3.25. The second-order valence-corrected chi connectivity index (χ2v) is 9.71. The summed E-state index contributed by atoms with van der Waals surface area (Å²) >= 11 is 0. The van der Waals surface area contributed by atoms with E-state index in [0.717, 1.165) is 41.0 Å². The topological polar surface area (TPSA) is 113 Å². The number of hydrogen-bond donors (Lipinski definition) is 1. The van der Waals surface area contributed by atoms with Crippen LogP contribution in [0.2, 0.25) is 0 Å². The van der Waals surface area contributed by atoms with Gasteiger partial charge in [-0.05, 0) is 36.6 Å². The molecule has 0 aliphatic rings. The van der Waals surface area contributed by atoms with E-state index >= 15 is 0 Å². The van der Waals surface area contributed by atoms with Crippen LogP contribution in [0.3, 0.4) is 0 Å². The van der Waals surface area contributed by atoms with E-state index in [1.54, 1.807) is 24.5 Å². The quantitative estimate of drug-likeness (QED) is 0.413. The van der Waals surface area contributed by atoms with Gasteiger partial charge in [-0.2, -0.15) is 5.26 Å². The largest absolute Gasteiger partial charge is 0.355 e. The minimum atomic E-state index is -3.12. The van der Waals surface area contributed by atoms with Crippen LogP contribution in [0.25, 0.3) is 16.9 Å². The van der Waals surface area contributed by atoms with Gasteiger partial charge in [-0.1, -0.05) is 18.2 Å². The molecule has 9 heteroatoms. The van der Waals surface area contributed by atoms with Crippen molar-refractivity contribution < 1.29 is 8.42 Å². The van der Waals surface area contributed by atoms with Crippen LogP contribution >= 0.6 is 0 Å². The molecule has 3 aromatic heterocycles. The zero-order valence-corrected chi connectivity index (χ0v) is 18.4. The van der Waals surface area contributed by atoms with Gasteiger partial charge in [-0.15, -0.1) is 0 Å². The number of nitriles is 1. The van der Waals surface area contributed by atoms with Gasteiger partial charge in [0.25, 0.3) is 0 Å². The molecular formula is C23H22N6O2S. The number of rotatable bonds is 8. The molecule has 0 spiro atoms. The Morgan fingerprint density at radius 2 is 2.03 bits per heavy atom. The molecule has 0 saturated carbocycles. The van der Waals surface area contributed by atoms with E-state index in [0.29, 0.717) is 18.1 Å². The van der Waals surface area contributed by atoms with Crippen molar-refractivity contribution in [1.82, 2.24) is 19.4 Å². The lowest BCUT2D eigenvalue weighted by molar-refractivity contribution is 0.601. The Kier molecular flexibility index (Phi) is 6.14. The highest BCUT2D eigenvalue weighted by molar-refractivity contribution is 7.89. The molecule has 4 rings (SSSR count). The Hall–Kier alpha value is -3.77. The highest BCUT2D eigenvalue weighted by atomic mass is 32.2. The number of benzene rings is 1. The highest BCUT2D eigenvalue weighted by Crippen LogP contribution is 2.23. The Morgan fingerprint density at radius 1 is 1.16 bits per heavy atom. The standard InChI is InChI=1S/C23H22N6O2S/c1-32(30,31)16-17-4-2-5-19(12-17)21-13-22-25-10-11-29(22)23(28-21)26-9-3-6-20-8-7-18(14-24)15-27-20/h2,4-5,7-8,10-13,15H,3,6,9,16H2,1H3,(H,26,28). The Labute approximate surface area is 186 Å². The number of fused-ring (bicyclic) bond motifs is 1. The molecule has 0 aliphatic heterocycles. The molecule has 162 valence electrons. The monoisotopic (exact) mass is 446 g/mol. The van der Waals surface area contributed by atoms with Crippen molar-refractivity contribution in [3.63, 3.8) is 0 Å². The van der Waals surface area contributed by atoms with Crippen LogP contribution in [0, 0.1) is 11.3 Å². The Bertz CT molecular complexity index is 1390. The maximum Gasteiger partial charge on any atom is 0.209 e. The van der Waals surface area contributed by atoms with Crippen molar-refractivity contribution in [2.75, 3.05) is 18.1 Å². The van der Waals surface area contributed by atoms with Crippen molar-refractivity contribution in [1.29, 1.82) is 5.26 Å². The number of anilines is 1. The van der Waals surface area contributed by atoms with Crippen molar-refractivity contribution in [3.8, 4) is 17.3 Å². The summed E-state index contributed by atoms with van der Waals surface area (Å²) in [5, 5.41) is 12.2. The first-order valence-corrected chi connectivity index (χ1v) is 12.2. The Morgan fingerprint density at radius 3 is 2.78 bits per heavy atom. The van der Waals surface area contributed by atoms with E-state index in [1.807, 2.05) is 40.9 Å². The maximum absolute atomic E-state index is 11.7. The van der Waals surface area contributed by atoms with Crippen molar-refractivity contribution in [2.45, 2.75) is 18.6 Å². The van der Waals surface area contributed by atoms with E-state index < -0.39 is 9.84 Å². The molecule has 0 unspecified atom stereocenters. The number of nitrogens with zero attached hydrogens (tertiary/aromatic N) is 5. The van der Waals surface area contributed by atoms with Crippen LogP contribution < -0.4 is 5.32 Å². The molecule has 0 amide bonds. The molecule has 3 heterocycles. The molecule has 0 saturated heterocycles. The zero-order valence-electron chi connectivity index (χ0n) is 17.6. The molecule has 0 atom stereocenters. The third-order valence-electron chi connectivity index (χ3n) is 4.89. The average Bonchev–Trinajstić information content (AvgIpc) is 3.25. The smallest absolute Gasteiger partial charge is 0.209 e. The summed E-state index contributed by atoms with van der Waals surface area (Å²) in [6.07, 6.45) is 7.98. The number of sulfone groups is 1. The van der Waals surface area contributed by atoms with E-state index in [9.17, 15) is 8.42 Å². The van der Waals surface area contributed by atoms with Gasteiger partial charge >= 0.3 is 0 Å². The predicted molar refractivity (Wildman–Crippen MR) is 123 cm³/mol. The van der Waals surface area contributed by atoms with Gasteiger partial charge < -0.3 is 5.32 Å². The fourth-order valence-corrected chi connectivity index (χ4v) is 4.21. The molecule has 8 nitrogen and oxygen atoms in total. The van der Waals surface area contributed by atoms with Crippen molar-refractivity contribution in [2.24, 2.45) is 0 Å². The van der Waals surface area contributed by atoms with Gasteiger partial charge in [0, 0.05) is 48.7 Å². The van der Waals surface area contributed by atoms with Gasteiger partial charge in [0.05, 0.1) is 17.0 Å². The third-order valence-corrected chi connectivity index (χ3v) is 5.75. The summed E-state index contributed by atoms with van der Waals surface area (Å²) in [6.45, 7) is 0.680. The first-order chi connectivity index (χ1) is 15.4. The maximum atomic E-state index is 11.7. The summed E-state index contributed by atoms with van der Waals surface area (Å²) in [7, 11) is -3.12. The average molecular weight is 447 g/mol. The first kappa shape index (κ1) is 21.5. The van der Waals surface area contributed by atoms with E-state index in [-0.39, 0.29) is 5.75 Å². The summed E-state index contributed by atoms with van der Waals surface area (Å²) in [4.78, 5) is 13.4. The molecule has 1 aromatic carbocycles. The normalized spacial score (nSPS) is 11.4. The van der Waals surface area contributed by atoms with Gasteiger partial charge in [0.15, 0.2) is 9.84 Å². The van der Waals surface area contributed by atoms with E-state index in [4.69, 9.17) is 10.2 Å². The molecule has 1 N–H and O–H groups in total. The molecule has 0 fully saturated rings. The lowest BCUT2D eigenvalue weighted by Crippen LogP contribution is -2.09. The molecule has 0 aliphatic carbocycles. The fourth-order valence-electron chi connectivity index (χ4n) is 3.43. The second-order valence-electron chi connectivity index (χ2n) is 7.57. The van der Waals surface area contributed by atoms with Crippen LogP contribution in [-0.4, -0.2) is 40.6 Å². The molecule has 0 radical (unpaired) electrons. The zero-order chi connectivity index (χ0) is 22.6. The summed E-state index contributed by atoms with van der Waals surface area (Å²) in [5.41, 5.74) is 4.51. The van der Waals surface area contributed by atoms with Crippen molar-refractivity contribution in [3.05, 3.63) is 77.9 Å². The summed E-state index contributed by atoms with van der Waals surface area (Å²) < 4.78 is 25.2. The minimum absolute atomic E-state index is 0.0129. The third kappa shape index (κ3) is 5.28. The second kappa shape index (κ2) is 9.16. The summed E-state index contributed by atoms with van der Waals surface area (Å²) in [5.74, 6) is 0.650. The Balaban J connectivity index is 1.51. The first-order valence-electron chi connectivity index (χ1n) is 10.1. The van der Waals surface area contributed by atoms with Crippen LogP contribution in [-0.2, 0) is 22.0 Å². The SMILES string of the molecule is CS(=O)(=O)Cc1cccc(-c2cc3nccn3c(NCCCc3ccc(C#N)cn3)n2)c1. The minimum Gasteiger partial charge on any atom is -0.355 e. The van der Waals surface area contributed by atoms with Crippen LogP contribution in [0.1, 0.15) is 23.2 Å². The van der Waals surface area contributed by atoms with Gasteiger partial charge in [-0.3, -0.25) is 9.38 Å². The number of aryl methyl sites for hydroxylation is 1. The number of hydrogen-bond acceptors (Lipinski definition) is 7. The number of nitrogens with one attached hydrogen (secondary N) is 1. The molecule has 4 aromatic rings. The van der Waals surface area contributed by atoms with Gasteiger partial charge in [-0.25, -0.2) is 18.4 Å². The molecular weight excluding hydrogens is 424 g/mol. The number of pyridine rings is 1. The number of aromatic nitrogens is 4. The molecule has 32 heavy (non-hydrogen) atoms. The number of imidazole rings is 1.